The second kappa shape index (κ2) is 8.67. The Kier molecular flexibility index (Phi) is 6.29. The number of fused-ring (bicyclic) bond motifs is 1. The van der Waals surface area contributed by atoms with Crippen LogP contribution in [-0.2, 0) is 34.2 Å². The first kappa shape index (κ1) is 19.6. The van der Waals surface area contributed by atoms with Gasteiger partial charge in [0, 0.05) is 19.5 Å². The van der Waals surface area contributed by atoms with Gasteiger partial charge >= 0.3 is 0 Å². The van der Waals surface area contributed by atoms with Gasteiger partial charge in [-0.1, -0.05) is 30.3 Å². The molecular formula is C21H26N2O3S. The number of sulfonamides is 1. The minimum atomic E-state index is -3.59. The van der Waals surface area contributed by atoms with Crippen molar-refractivity contribution < 1.29 is 13.2 Å². The number of hydrogen-bond donors (Lipinski definition) is 2. The molecule has 0 radical (unpaired) electrons. The van der Waals surface area contributed by atoms with Crippen LogP contribution in [0, 0.1) is 6.92 Å². The van der Waals surface area contributed by atoms with E-state index in [1.54, 1.807) is 12.1 Å². The lowest BCUT2D eigenvalue weighted by Gasteiger charge is -2.16. The number of aryl methyl sites for hydroxylation is 3. The van der Waals surface area contributed by atoms with Crippen molar-refractivity contribution in [2.24, 2.45) is 0 Å². The molecule has 144 valence electrons. The van der Waals surface area contributed by atoms with Crippen LogP contribution in [0.2, 0.25) is 0 Å². The van der Waals surface area contributed by atoms with Gasteiger partial charge in [0.1, 0.15) is 0 Å². The summed E-state index contributed by atoms with van der Waals surface area (Å²) < 4.78 is 27.5. The van der Waals surface area contributed by atoms with Gasteiger partial charge in [0.25, 0.3) is 0 Å². The third-order valence-electron chi connectivity index (χ3n) is 5.01. The minimum absolute atomic E-state index is 0.0824. The Labute approximate surface area is 161 Å². The maximum Gasteiger partial charge on any atom is 0.240 e. The predicted molar refractivity (Wildman–Crippen MR) is 106 cm³/mol. The quantitative estimate of drug-likeness (QED) is 0.768. The lowest BCUT2D eigenvalue weighted by Crippen LogP contribution is -2.30. The van der Waals surface area contributed by atoms with E-state index in [4.69, 9.17) is 0 Å². The first-order valence-electron chi connectivity index (χ1n) is 9.38. The Morgan fingerprint density at radius 1 is 1.04 bits per heavy atom. The van der Waals surface area contributed by atoms with E-state index in [1.807, 2.05) is 37.3 Å². The first-order chi connectivity index (χ1) is 13.0. The zero-order valence-electron chi connectivity index (χ0n) is 15.6. The molecule has 0 unspecified atom stereocenters. The smallest absolute Gasteiger partial charge is 0.240 e. The number of carbonyl (C=O) groups is 1. The topological polar surface area (TPSA) is 75.3 Å². The Morgan fingerprint density at radius 2 is 1.78 bits per heavy atom. The van der Waals surface area contributed by atoms with E-state index in [0.29, 0.717) is 6.54 Å². The largest absolute Gasteiger partial charge is 0.352 e. The number of rotatable bonds is 7. The fourth-order valence-electron chi connectivity index (χ4n) is 3.35. The van der Waals surface area contributed by atoms with E-state index in [1.165, 1.54) is 5.56 Å². The molecule has 0 fully saturated rings. The molecule has 27 heavy (non-hydrogen) atoms. The molecule has 0 spiro atoms. The van der Waals surface area contributed by atoms with Gasteiger partial charge in [-0.05, 0) is 67.0 Å². The lowest BCUT2D eigenvalue weighted by atomic mass is 9.92. The molecular weight excluding hydrogens is 360 g/mol. The molecule has 2 aromatic carbocycles. The fraction of sp³-hybridized carbons (Fsp3) is 0.381. The molecule has 3 rings (SSSR count). The highest BCUT2D eigenvalue weighted by molar-refractivity contribution is 7.89. The number of nitrogens with one attached hydrogen (secondary N) is 2. The summed E-state index contributed by atoms with van der Waals surface area (Å²) in [7, 11) is -3.59. The van der Waals surface area contributed by atoms with E-state index >= 15 is 0 Å². The zero-order valence-corrected chi connectivity index (χ0v) is 16.4. The van der Waals surface area contributed by atoms with Gasteiger partial charge in [0.15, 0.2) is 0 Å². The Morgan fingerprint density at radius 3 is 2.56 bits per heavy atom. The number of benzene rings is 2. The SMILES string of the molecule is Cc1ccccc1CNC(=O)CCNS(=O)(=O)c1ccc2c(c1)CCCC2. The zero-order chi connectivity index (χ0) is 19.3. The molecule has 6 heteroatoms. The molecule has 0 aromatic heterocycles. The van der Waals surface area contributed by atoms with Crippen LogP contribution in [0.3, 0.4) is 0 Å². The summed E-state index contributed by atoms with van der Waals surface area (Å²) in [6.07, 6.45) is 4.32. The van der Waals surface area contributed by atoms with Crippen molar-refractivity contribution >= 4 is 15.9 Å². The maximum atomic E-state index is 12.5. The Balaban J connectivity index is 1.50. The van der Waals surface area contributed by atoms with Crippen molar-refractivity contribution in [1.29, 1.82) is 0 Å². The van der Waals surface area contributed by atoms with Gasteiger partial charge in [-0.15, -0.1) is 0 Å². The van der Waals surface area contributed by atoms with Crippen LogP contribution in [0.25, 0.3) is 0 Å². The molecule has 1 amide bonds. The summed E-state index contributed by atoms with van der Waals surface area (Å²) in [6, 6.07) is 13.2. The Hall–Kier alpha value is -2.18. The first-order valence-corrected chi connectivity index (χ1v) is 10.9. The average Bonchev–Trinajstić information content (AvgIpc) is 2.67. The monoisotopic (exact) mass is 386 g/mol. The summed E-state index contributed by atoms with van der Waals surface area (Å²) >= 11 is 0. The molecule has 2 N–H and O–H groups in total. The summed E-state index contributed by atoms with van der Waals surface area (Å²) in [5, 5.41) is 2.83. The second-order valence-corrected chi connectivity index (χ2v) is 8.76. The van der Waals surface area contributed by atoms with E-state index in [2.05, 4.69) is 10.0 Å². The van der Waals surface area contributed by atoms with Crippen molar-refractivity contribution in [2.75, 3.05) is 6.54 Å². The number of amides is 1. The molecule has 0 saturated heterocycles. The number of hydrogen-bond acceptors (Lipinski definition) is 3. The van der Waals surface area contributed by atoms with E-state index in [-0.39, 0.29) is 23.8 Å². The van der Waals surface area contributed by atoms with Crippen LogP contribution in [0.4, 0.5) is 0 Å². The highest BCUT2D eigenvalue weighted by Gasteiger charge is 2.17. The Bertz CT molecular complexity index is 923. The van der Waals surface area contributed by atoms with Crippen LogP contribution in [0.1, 0.15) is 41.5 Å². The van der Waals surface area contributed by atoms with Crippen LogP contribution >= 0.6 is 0 Å². The van der Waals surface area contributed by atoms with Crippen LogP contribution in [0.15, 0.2) is 47.4 Å². The molecule has 1 aliphatic rings. The summed E-state index contributed by atoms with van der Waals surface area (Å²) in [5.74, 6) is -0.175. The molecule has 2 aromatic rings. The van der Waals surface area contributed by atoms with Gasteiger partial charge in [0.05, 0.1) is 4.90 Å². The van der Waals surface area contributed by atoms with Crippen LogP contribution < -0.4 is 10.0 Å². The van der Waals surface area contributed by atoms with Crippen molar-refractivity contribution in [3.63, 3.8) is 0 Å². The van der Waals surface area contributed by atoms with Crippen LogP contribution in [-0.4, -0.2) is 20.9 Å². The fourth-order valence-corrected chi connectivity index (χ4v) is 4.43. The van der Waals surface area contributed by atoms with Crippen LogP contribution in [0.5, 0.6) is 0 Å². The molecule has 5 nitrogen and oxygen atoms in total. The minimum Gasteiger partial charge on any atom is -0.352 e. The highest BCUT2D eigenvalue weighted by Crippen LogP contribution is 2.24. The van der Waals surface area contributed by atoms with Crippen molar-refractivity contribution in [3.8, 4) is 0 Å². The molecule has 0 aliphatic heterocycles. The molecule has 0 bridgehead atoms. The normalized spacial score (nSPS) is 13.8. The maximum absolute atomic E-state index is 12.5. The summed E-state index contributed by atoms with van der Waals surface area (Å²) in [4.78, 5) is 12.3. The average molecular weight is 387 g/mol. The van der Waals surface area contributed by atoms with Crippen molar-refractivity contribution in [2.45, 2.75) is 50.5 Å². The standard InChI is InChI=1S/C21H26N2O3S/c1-16-6-2-3-9-19(16)15-22-21(24)12-13-23-27(25,26)20-11-10-17-7-4-5-8-18(17)14-20/h2-3,6,9-11,14,23H,4-5,7-8,12-13,15H2,1H3,(H,22,24). The summed E-state index contributed by atoms with van der Waals surface area (Å²) in [5.41, 5.74) is 4.54. The number of carbonyl (C=O) groups excluding carboxylic acids is 1. The van der Waals surface area contributed by atoms with Gasteiger partial charge in [-0.3, -0.25) is 4.79 Å². The van der Waals surface area contributed by atoms with Gasteiger partial charge in [-0.25, -0.2) is 13.1 Å². The molecule has 0 atom stereocenters. The predicted octanol–water partition coefficient (Wildman–Crippen LogP) is 2.86. The van der Waals surface area contributed by atoms with Crippen molar-refractivity contribution in [1.82, 2.24) is 10.0 Å². The second-order valence-electron chi connectivity index (χ2n) is 6.99. The van der Waals surface area contributed by atoms with Gasteiger partial charge < -0.3 is 5.32 Å². The third-order valence-corrected chi connectivity index (χ3v) is 6.47. The molecule has 0 heterocycles. The lowest BCUT2D eigenvalue weighted by molar-refractivity contribution is -0.121. The van der Waals surface area contributed by atoms with E-state index in [9.17, 15) is 13.2 Å². The highest BCUT2D eigenvalue weighted by atomic mass is 32.2. The third kappa shape index (κ3) is 5.17. The van der Waals surface area contributed by atoms with Crippen molar-refractivity contribution in [3.05, 3.63) is 64.7 Å². The molecule has 1 aliphatic carbocycles. The molecule has 0 saturated carbocycles. The van der Waals surface area contributed by atoms with E-state index < -0.39 is 10.0 Å². The summed E-state index contributed by atoms with van der Waals surface area (Å²) in [6.45, 7) is 2.52. The van der Waals surface area contributed by atoms with Gasteiger partial charge in [-0.2, -0.15) is 0 Å². The van der Waals surface area contributed by atoms with E-state index in [0.717, 1.165) is 42.4 Å². The van der Waals surface area contributed by atoms with Gasteiger partial charge in [0.2, 0.25) is 15.9 Å².